The SMILES string of the molecule is O=C(O)c1ccc(-c2nc3c([nH]2)-c2ccccc2Cc2ccccc2-3)cc1. The summed E-state index contributed by atoms with van der Waals surface area (Å²) in [5, 5.41) is 9.11. The van der Waals surface area contributed by atoms with Crippen LogP contribution in [0, 0.1) is 0 Å². The Balaban J connectivity index is 1.72. The number of fused-ring (bicyclic) bond motifs is 5. The molecule has 1 aliphatic carbocycles. The highest BCUT2D eigenvalue weighted by Crippen LogP contribution is 2.40. The summed E-state index contributed by atoms with van der Waals surface area (Å²) in [5.74, 6) is -0.192. The van der Waals surface area contributed by atoms with Gasteiger partial charge < -0.3 is 10.1 Å². The van der Waals surface area contributed by atoms with Crippen LogP contribution in [0.15, 0.2) is 72.8 Å². The van der Waals surface area contributed by atoms with Crippen molar-refractivity contribution in [1.82, 2.24) is 9.97 Å². The third-order valence-electron chi connectivity index (χ3n) is 5.05. The fourth-order valence-electron chi connectivity index (χ4n) is 3.70. The molecule has 0 unspecified atom stereocenters. The number of hydrogen-bond acceptors (Lipinski definition) is 2. The number of aromatic amines is 1. The molecule has 3 aromatic carbocycles. The molecule has 1 aliphatic rings. The highest BCUT2D eigenvalue weighted by molar-refractivity contribution is 5.89. The number of H-pyrrole nitrogens is 1. The van der Waals surface area contributed by atoms with Gasteiger partial charge in [0.1, 0.15) is 5.82 Å². The lowest BCUT2D eigenvalue weighted by Crippen LogP contribution is -1.95. The maximum atomic E-state index is 11.1. The predicted octanol–water partition coefficient (Wildman–Crippen LogP) is 5.01. The van der Waals surface area contributed by atoms with E-state index in [0.29, 0.717) is 0 Å². The number of benzene rings is 3. The molecule has 0 radical (unpaired) electrons. The number of carbonyl (C=O) groups is 1. The monoisotopic (exact) mass is 352 g/mol. The summed E-state index contributed by atoms with van der Waals surface area (Å²) in [4.78, 5) is 19.5. The molecule has 0 bridgehead atoms. The molecule has 0 spiro atoms. The Bertz CT molecular complexity index is 1110. The van der Waals surface area contributed by atoms with Crippen LogP contribution in [0.2, 0.25) is 0 Å². The van der Waals surface area contributed by atoms with E-state index in [-0.39, 0.29) is 5.56 Å². The maximum Gasteiger partial charge on any atom is 0.335 e. The predicted molar refractivity (Wildman–Crippen MR) is 105 cm³/mol. The normalized spacial score (nSPS) is 11.9. The summed E-state index contributed by atoms with van der Waals surface area (Å²) in [7, 11) is 0. The second kappa shape index (κ2) is 5.95. The van der Waals surface area contributed by atoms with Crippen LogP contribution in [0.3, 0.4) is 0 Å². The first-order valence-corrected chi connectivity index (χ1v) is 8.81. The van der Waals surface area contributed by atoms with Crippen LogP contribution in [0.1, 0.15) is 21.5 Å². The van der Waals surface area contributed by atoms with Crippen molar-refractivity contribution in [3.8, 4) is 33.9 Å². The Kier molecular flexibility index (Phi) is 3.44. The quantitative estimate of drug-likeness (QED) is 0.469. The Labute approximate surface area is 156 Å². The van der Waals surface area contributed by atoms with E-state index in [9.17, 15) is 4.79 Å². The molecular weight excluding hydrogens is 336 g/mol. The van der Waals surface area contributed by atoms with Gasteiger partial charge in [0, 0.05) is 16.7 Å². The van der Waals surface area contributed by atoms with Crippen molar-refractivity contribution in [2.24, 2.45) is 0 Å². The average molecular weight is 352 g/mol. The number of hydrogen-bond donors (Lipinski definition) is 2. The number of nitrogens with zero attached hydrogens (tertiary/aromatic N) is 1. The molecule has 0 saturated carbocycles. The van der Waals surface area contributed by atoms with Crippen molar-refractivity contribution in [1.29, 1.82) is 0 Å². The highest BCUT2D eigenvalue weighted by Gasteiger charge is 2.23. The first kappa shape index (κ1) is 15.6. The van der Waals surface area contributed by atoms with Crippen molar-refractivity contribution in [3.63, 3.8) is 0 Å². The molecule has 0 fully saturated rings. The molecule has 0 saturated heterocycles. The smallest absolute Gasteiger partial charge is 0.335 e. The second-order valence-electron chi connectivity index (χ2n) is 6.68. The fraction of sp³-hybridized carbons (Fsp3) is 0.0435. The number of aromatic nitrogens is 2. The van der Waals surface area contributed by atoms with Gasteiger partial charge in [0.05, 0.1) is 17.0 Å². The first-order chi connectivity index (χ1) is 13.2. The van der Waals surface area contributed by atoms with Crippen molar-refractivity contribution >= 4 is 5.97 Å². The number of rotatable bonds is 2. The lowest BCUT2D eigenvalue weighted by atomic mass is 10.00. The van der Waals surface area contributed by atoms with E-state index >= 15 is 0 Å². The molecule has 0 aliphatic heterocycles. The summed E-state index contributed by atoms with van der Waals surface area (Å²) >= 11 is 0. The van der Waals surface area contributed by atoms with Crippen molar-refractivity contribution in [2.75, 3.05) is 0 Å². The third-order valence-corrected chi connectivity index (χ3v) is 5.05. The Morgan fingerprint density at radius 2 is 1.48 bits per heavy atom. The van der Waals surface area contributed by atoms with E-state index in [1.165, 1.54) is 11.1 Å². The molecule has 5 rings (SSSR count). The summed E-state index contributed by atoms with van der Waals surface area (Å²) in [6.07, 6.45) is 0.874. The molecule has 1 heterocycles. The summed E-state index contributed by atoms with van der Waals surface area (Å²) in [5.41, 5.74) is 7.88. The number of aromatic carboxylic acids is 1. The summed E-state index contributed by atoms with van der Waals surface area (Å²) < 4.78 is 0. The molecular formula is C23H16N2O2. The van der Waals surface area contributed by atoms with E-state index < -0.39 is 5.97 Å². The zero-order valence-electron chi connectivity index (χ0n) is 14.4. The van der Waals surface area contributed by atoms with Gasteiger partial charge >= 0.3 is 5.97 Å². The molecule has 0 amide bonds. The van der Waals surface area contributed by atoms with Crippen LogP contribution in [0.4, 0.5) is 0 Å². The number of nitrogens with one attached hydrogen (secondary N) is 1. The van der Waals surface area contributed by atoms with Gasteiger partial charge in [-0.25, -0.2) is 9.78 Å². The standard InChI is InChI=1S/C23H16N2O2/c26-23(27)15-11-9-14(10-12-15)22-24-20-18-7-3-1-5-16(18)13-17-6-2-4-8-19(17)21(20)25-22/h1-12H,13H2,(H,24,25)(H,26,27). The van der Waals surface area contributed by atoms with Gasteiger partial charge in [0.25, 0.3) is 0 Å². The minimum atomic E-state index is -0.931. The topological polar surface area (TPSA) is 66.0 Å². The molecule has 4 nitrogen and oxygen atoms in total. The Morgan fingerprint density at radius 1 is 0.852 bits per heavy atom. The molecule has 0 atom stereocenters. The van der Waals surface area contributed by atoms with Gasteiger partial charge in [-0.1, -0.05) is 60.7 Å². The van der Waals surface area contributed by atoms with E-state index in [2.05, 4.69) is 41.4 Å². The van der Waals surface area contributed by atoms with Crippen LogP contribution < -0.4 is 0 Å². The van der Waals surface area contributed by atoms with Crippen molar-refractivity contribution in [2.45, 2.75) is 6.42 Å². The second-order valence-corrected chi connectivity index (χ2v) is 6.68. The molecule has 130 valence electrons. The van der Waals surface area contributed by atoms with Gasteiger partial charge in [-0.05, 0) is 29.7 Å². The van der Waals surface area contributed by atoms with Gasteiger partial charge in [0.2, 0.25) is 0 Å². The molecule has 27 heavy (non-hydrogen) atoms. The first-order valence-electron chi connectivity index (χ1n) is 8.81. The lowest BCUT2D eigenvalue weighted by molar-refractivity contribution is 0.0697. The zero-order valence-corrected chi connectivity index (χ0v) is 14.4. The molecule has 4 heteroatoms. The number of imidazole rings is 1. The van der Waals surface area contributed by atoms with Gasteiger partial charge in [-0.3, -0.25) is 0 Å². The van der Waals surface area contributed by atoms with Crippen molar-refractivity contribution < 1.29 is 9.90 Å². The van der Waals surface area contributed by atoms with Crippen LogP contribution in [-0.4, -0.2) is 21.0 Å². The third kappa shape index (κ3) is 2.54. The molecule has 1 aromatic heterocycles. The van der Waals surface area contributed by atoms with Crippen LogP contribution in [0.25, 0.3) is 33.9 Å². The average Bonchev–Trinajstić information content (AvgIpc) is 3.09. The van der Waals surface area contributed by atoms with Gasteiger partial charge in [0.15, 0.2) is 0 Å². The van der Waals surface area contributed by atoms with Crippen LogP contribution >= 0.6 is 0 Å². The van der Waals surface area contributed by atoms with E-state index in [1.807, 2.05) is 12.1 Å². The van der Waals surface area contributed by atoms with Gasteiger partial charge in [-0.15, -0.1) is 0 Å². The van der Waals surface area contributed by atoms with E-state index in [1.54, 1.807) is 24.3 Å². The summed E-state index contributed by atoms with van der Waals surface area (Å²) in [6.45, 7) is 0. The minimum absolute atomic E-state index is 0.266. The number of carboxylic acids is 1. The van der Waals surface area contributed by atoms with Crippen LogP contribution in [0.5, 0.6) is 0 Å². The fourth-order valence-corrected chi connectivity index (χ4v) is 3.70. The zero-order chi connectivity index (χ0) is 18.4. The van der Waals surface area contributed by atoms with E-state index in [4.69, 9.17) is 10.1 Å². The summed E-state index contributed by atoms with van der Waals surface area (Å²) in [6, 6.07) is 23.5. The lowest BCUT2D eigenvalue weighted by Gasteiger charge is -2.06. The largest absolute Gasteiger partial charge is 0.478 e. The molecule has 4 aromatic rings. The van der Waals surface area contributed by atoms with Gasteiger partial charge in [-0.2, -0.15) is 0 Å². The Hall–Kier alpha value is -3.66. The number of carboxylic acid groups (broad SMARTS) is 1. The highest BCUT2D eigenvalue weighted by atomic mass is 16.4. The van der Waals surface area contributed by atoms with Crippen molar-refractivity contribution in [3.05, 3.63) is 89.5 Å². The minimum Gasteiger partial charge on any atom is -0.478 e. The van der Waals surface area contributed by atoms with E-state index in [0.717, 1.165) is 40.3 Å². The maximum absolute atomic E-state index is 11.1. The Morgan fingerprint density at radius 3 is 2.19 bits per heavy atom. The molecule has 2 N–H and O–H groups in total. The van der Waals surface area contributed by atoms with Crippen LogP contribution in [-0.2, 0) is 6.42 Å².